The molecule has 0 amide bonds. The van der Waals surface area contributed by atoms with Crippen LogP contribution in [0, 0.1) is 0 Å². The van der Waals surface area contributed by atoms with Gasteiger partial charge < -0.3 is 11.1 Å². The van der Waals surface area contributed by atoms with Crippen LogP contribution >= 0.6 is 15.9 Å². The SMILES string of the molecule is Nc1c(Br)cncc1NC1CC1. The Morgan fingerprint density at radius 2 is 2.25 bits per heavy atom. The number of nitrogens with one attached hydrogen (secondary N) is 1. The average molecular weight is 228 g/mol. The first-order chi connectivity index (χ1) is 5.77. The molecular formula is C8H10BrN3. The molecule has 12 heavy (non-hydrogen) atoms. The molecule has 0 aliphatic heterocycles. The van der Waals surface area contributed by atoms with Gasteiger partial charge in [-0.1, -0.05) is 0 Å². The Morgan fingerprint density at radius 1 is 1.50 bits per heavy atom. The molecule has 3 N–H and O–H groups in total. The van der Waals surface area contributed by atoms with Crippen LogP contribution in [0.1, 0.15) is 12.8 Å². The Morgan fingerprint density at radius 3 is 2.92 bits per heavy atom. The molecule has 4 heteroatoms. The molecule has 1 saturated carbocycles. The van der Waals surface area contributed by atoms with Gasteiger partial charge in [0, 0.05) is 12.2 Å². The molecule has 2 rings (SSSR count). The number of hydrogen-bond donors (Lipinski definition) is 2. The van der Waals surface area contributed by atoms with Gasteiger partial charge in [-0.05, 0) is 28.8 Å². The maximum Gasteiger partial charge on any atom is 0.0774 e. The van der Waals surface area contributed by atoms with Gasteiger partial charge >= 0.3 is 0 Å². The summed E-state index contributed by atoms with van der Waals surface area (Å²) >= 11 is 3.33. The molecule has 1 fully saturated rings. The van der Waals surface area contributed by atoms with Crippen LogP contribution in [0.4, 0.5) is 11.4 Å². The van der Waals surface area contributed by atoms with Gasteiger partial charge in [0.2, 0.25) is 0 Å². The fraction of sp³-hybridized carbons (Fsp3) is 0.375. The first-order valence-electron chi connectivity index (χ1n) is 3.93. The maximum atomic E-state index is 5.81. The quantitative estimate of drug-likeness (QED) is 0.813. The third kappa shape index (κ3) is 1.53. The number of nitrogens with two attached hydrogens (primary N) is 1. The molecule has 0 bridgehead atoms. The van der Waals surface area contributed by atoms with Crippen LogP contribution in [-0.4, -0.2) is 11.0 Å². The van der Waals surface area contributed by atoms with Crippen LogP contribution in [0.3, 0.4) is 0 Å². The second-order valence-corrected chi connectivity index (χ2v) is 3.86. The van der Waals surface area contributed by atoms with Crippen molar-refractivity contribution in [2.24, 2.45) is 0 Å². The highest BCUT2D eigenvalue weighted by molar-refractivity contribution is 9.10. The predicted molar refractivity (Wildman–Crippen MR) is 53.0 cm³/mol. The van der Waals surface area contributed by atoms with E-state index in [1.54, 1.807) is 12.4 Å². The van der Waals surface area contributed by atoms with Gasteiger partial charge in [-0.15, -0.1) is 0 Å². The van der Waals surface area contributed by atoms with E-state index in [4.69, 9.17) is 5.73 Å². The zero-order chi connectivity index (χ0) is 8.55. The number of nitrogen functional groups attached to an aromatic ring is 1. The van der Waals surface area contributed by atoms with E-state index in [0.717, 1.165) is 15.8 Å². The highest BCUT2D eigenvalue weighted by Crippen LogP contribution is 2.30. The van der Waals surface area contributed by atoms with Crippen LogP contribution in [0.2, 0.25) is 0 Å². The summed E-state index contributed by atoms with van der Waals surface area (Å²) in [5.41, 5.74) is 7.49. The molecule has 1 aliphatic carbocycles. The first kappa shape index (κ1) is 7.86. The second-order valence-electron chi connectivity index (χ2n) is 3.00. The van der Waals surface area contributed by atoms with E-state index in [2.05, 4.69) is 26.2 Å². The third-order valence-electron chi connectivity index (χ3n) is 1.88. The Labute approximate surface area is 79.5 Å². The molecule has 0 saturated heterocycles. The second kappa shape index (κ2) is 2.94. The zero-order valence-corrected chi connectivity index (χ0v) is 8.13. The van der Waals surface area contributed by atoms with Crippen molar-refractivity contribution in [3.8, 4) is 0 Å². The molecule has 1 heterocycles. The van der Waals surface area contributed by atoms with Crippen molar-refractivity contribution in [3.63, 3.8) is 0 Å². The molecule has 0 atom stereocenters. The molecule has 1 aliphatic rings. The maximum absolute atomic E-state index is 5.81. The van der Waals surface area contributed by atoms with Crippen LogP contribution in [0.5, 0.6) is 0 Å². The van der Waals surface area contributed by atoms with Crippen LogP contribution in [0.25, 0.3) is 0 Å². The van der Waals surface area contributed by atoms with E-state index in [1.165, 1.54) is 12.8 Å². The van der Waals surface area contributed by atoms with Gasteiger partial charge in [-0.2, -0.15) is 0 Å². The summed E-state index contributed by atoms with van der Waals surface area (Å²) < 4.78 is 0.855. The Balaban J connectivity index is 2.23. The van der Waals surface area contributed by atoms with Gasteiger partial charge in [0.25, 0.3) is 0 Å². The highest BCUT2D eigenvalue weighted by Gasteiger charge is 2.21. The van der Waals surface area contributed by atoms with Crippen LogP contribution in [0.15, 0.2) is 16.9 Å². The predicted octanol–water partition coefficient (Wildman–Crippen LogP) is 2.00. The Kier molecular flexibility index (Phi) is 1.92. The lowest BCUT2D eigenvalue weighted by Crippen LogP contribution is -2.04. The van der Waals surface area contributed by atoms with E-state index in [9.17, 15) is 0 Å². The minimum atomic E-state index is 0.614. The minimum Gasteiger partial charge on any atom is -0.396 e. The molecule has 1 aromatic heterocycles. The largest absolute Gasteiger partial charge is 0.396 e. The lowest BCUT2D eigenvalue weighted by Gasteiger charge is -2.07. The molecule has 0 unspecified atom stereocenters. The van der Waals surface area contributed by atoms with E-state index in [-0.39, 0.29) is 0 Å². The summed E-state index contributed by atoms with van der Waals surface area (Å²) in [6.45, 7) is 0. The van der Waals surface area contributed by atoms with Crippen molar-refractivity contribution < 1.29 is 0 Å². The van der Waals surface area contributed by atoms with Gasteiger partial charge in [-0.3, -0.25) is 4.98 Å². The smallest absolute Gasteiger partial charge is 0.0774 e. The number of nitrogens with zero attached hydrogens (tertiary/aromatic N) is 1. The van der Waals surface area contributed by atoms with Crippen molar-refractivity contribution in [2.45, 2.75) is 18.9 Å². The highest BCUT2D eigenvalue weighted by atomic mass is 79.9. The van der Waals surface area contributed by atoms with Crippen molar-refractivity contribution >= 4 is 27.3 Å². The van der Waals surface area contributed by atoms with Crippen molar-refractivity contribution in [1.82, 2.24) is 4.98 Å². The molecule has 0 aromatic carbocycles. The summed E-state index contributed by atoms with van der Waals surface area (Å²) in [6, 6.07) is 0.614. The lowest BCUT2D eigenvalue weighted by molar-refractivity contribution is 1.14. The van der Waals surface area contributed by atoms with E-state index in [0.29, 0.717) is 6.04 Å². The summed E-state index contributed by atoms with van der Waals surface area (Å²) in [5.74, 6) is 0. The first-order valence-corrected chi connectivity index (χ1v) is 4.72. The fourth-order valence-corrected chi connectivity index (χ4v) is 1.34. The molecule has 1 aromatic rings. The topological polar surface area (TPSA) is 50.9 Å². The van der Waals surface area contributed by atoms with Crippen LogP contribution < -0.4 is 11.1 Å². The summed E-state index contributed by atoms with van der Waals surface area (Å²) in [7, 11) is 0. The van der Waals surface area contributed by atoms with Crippen molar-refractivity contribution in [3.05, 3.63) is 16.9 Å². The number of aromatic nitrogens is 1. The molecule has 3 nitrogen and oxygen atoms in total. The zero-order valence-electron chi connectivity index (χ0n) is 6.55. The number of halogens is 1. The number of pyridine rings is 1. The van der Waals surface area contributed by atoms with E-state index >= 15 is 0 Å². The summed E-state index contributed by atoms with van der Waals surface area (Å²) in [4.78, 5) is 4.04. The van der Waals surface area contributed by atoms with Gasteiger partial charge in [0.05, 0.1) is 22.0 Å². The monoisotopic (exact) mass is 227 g/mol. The minimum absolute atomic E-state index is 0.614. The number of anilines is 2. The van der Waals surface area contributed by atoms with Crippen molar-refractivity contribution in [1.29, 1.82) is 0 Å². The molecule has 0 radical (unpaired) electrons. The molecular weight excluding hydrogens is 218 g/mol. The Bertz CT molecular complexity index is 296. The molecule has 64 valence electrons. The van der Waals surface area contributed by atoms with Gasteiger partial charge in [-0.25, -0.2) is 0 Å². The Hall–Kier alpha value is -0.770. The summed E-state index contributed by atoms with van der Waals surface area (Å²) in [5, 5.41) is 3.31. The van der Waals surface area contributed by atoms with Crippen molar-refractivity contribution in [2.75, 3.05) is 11.1 Å². The summed E-state index contributed by atoms with van der Waals surface area (Å²) in [6.07, 6.45) is 5.95. The van der Waals surface area contributed by atoms with E-state index < -0.39 is 0 Å². The number of rotatable bonds is 2. The molecule has 0 spiro atoms. The standard InChI is InChI=1S/C8H10BrN3/c9-6-3-11-4-7(8(6)10)12-5-1-2-5/h3-5,12H,1-2H2,(H2,10,11). The average Bonchev–Trinajstić information content (AvgIpc) is 2.83. The lowest BCUT2D eigenvalue weighted by atomic mass is 10.3. The van der Waals surface area contributed by atoms with Crippen LogP contribution in [-0.2, 0) is 0 Å². The van der Waals surface area contributed by atoms with Gasteiger partial charge in [0.1, 0.15) is 0 Å². The van der Waals surface area contributed by atoms with Gasteiger partial charge in [0.15, 0.2) is 0 Å². The normalized spacial score (nSPS) is 16.1. The number of hydrogen-bond acceptors (Lipinski definition) is 3. The third-order valence-corrected chi connectivity index (χ3v) is 2.51. The van der Waals surface area contributed by atoms with E-state index in [1.807, 2.05) is 0 Å². The fourth-order valence-electron chi connectivity index (χ4n) is 1.01.